The topological polar surface area (TPSA) is 104 Å². The van der Waals surface area contributed by atoms with Crippen LogP contribution in [-0.2, 0) is 16.0 Å². The predicted molar refractivity (Wildman–Crippen MR) is 82.5 cm³/mol. The molecule has 2 N–H and O–H groups in total. The Morgan fingerprint density at radius 2 is 1.87 bits per heavy atom. The first-order valence-electron chi connectivity index (χ1n) is 7.41. The van der Waals surface area contributed by atoms with Crippen molar-refractivity contribution in [1.29, 1.82) is 0 Å². The first kappa shape index (κ1) is 16.9. The molecule has 1 fully saturated rings. The van der Waals surface area contributed by atoms with Crippen LogP contribution in [0, 0.1) is 13.8 Å². The first-order chi connectivity index (χ1) is 10.7. The lowest BCUT2D eigenvalue weighted by Gasteiger charge is -2.15. The number of carbonyl (C=O) groups is 3. The number of amides is 4. The van der Waals surface area contributed by atoms with E-state index < -0.39 is 23.4 Å². The average molecular weight is 319 g/mol. The fourth-order valence-electron chi connectivity index (χ4n) is 2.39. The van der Waals surface area contributed by atoms with Gasteiger partial charge in [-0.3, -0.25) is 14.5 Å². The Morgan fingerprint density at radius 1 is 1.26 bits per heavy atom. The SMILES string of the molecule is Cc1cc(C)nc(CCNC(=O)CN2C(=O)NC(C)(C)C2=O)n1. The fraction of sp³-hybridized carbons (Fsp3) is 0.533. The Kier molecular flexibility index (Phi) is 4.63. The van der Waals surface area contributed by atoms with Gasteiger partial charge in [-0.15, -0.1) is 0 Å². The maximum absolute atomic E-state index is 12.0. The largest absolute Gasteiger partial charge is 0.354 e. The number of hydrogen-bond donors (Lipinski definition) is 2. The van der Waals surface area contributed by atoms with E-state index in [0.717, 1.165) is 16.3 Å². The van der Waals surface area contributed by atoms with E-state index in [4.69, 9.17) is 0 Å². The molecular weight excluding hydrogens is 298 g/mol. The van der Waals surface area contributed by atoms with Crippen LogP contribution in [0.25, 0.3) is 0 Å². The van der Waals surface area contributed by atoms with Gasteiger partial charge in [0.1, 0.15) is 17.9 Å². The third kappa shape index (κ3) is 4.02. The summed E-state index contributed by atoms with van der Waals surface area (Å²) in [4.78, 5) is 45.1. The molecule has 1 aliphatic rings. The Labute approximate surface area is 134 Å². The van der Waals surface area contributed by atoms with Crippen LogP contribution < -0.4 is 10.6 Å². The molecule has 1 aliphatic heterocycles. The standard InChI is InChI=1S/C15H21N5O3/c1-9-7-10(2)18-11(17-9)5-6-16-12(21)8-20-13(22)15(3,4)19-14(20)23/h7H,5-6,8H2,1-4H3,(H,16,21)(H,19,23). The van der Waals surface area contributed by atoms with E-state index in [1.54, 1.807) is 13.8 Å². The molecule has 23 heavy (non-hydrogen) atoms. The second-order valence-electron chi connectivity index (χ2n) is 6.11. The zero-order valence-electron chi connectivity index (χ0n) is 13.8. The summed E-state index contributed by atoms with van der Waals surface area (Å²) in [7, 11) is 0. The first-order valence-corrected chi connectivity index (χ1v) is 7.41. The highest BCUT2D eigenvalue weighted by Gasteiger charge is 2.44. The Bertz CT molecular complexity index is 636. The van der Waals surface area contributed by atoms with Crippen molar-refractivity contribution in [3.8, 4) is 0 Å². The van der Waals surface area contributed by atoms with Crippen LogP contribution in [0.15, 0.2) is 6.07 Å². The van der Waals surface area contributed by atoms with Gasteiger partial charge in [0.2, 0.25) is 5.91 Å². The van der Waals surface area contributed by atoms with E-state index in [-0.39, 0.29) is 6.54 Å². The number of aromatic nitrogens is 2. The molecule has 0 bridgehead atoms. The van der Waals surface area contributed by atoms with Crippen molar-refractivity contribution in [2.45, 2.75) is 39.7 Å². The van der Waals surface area contributed by atoms with Crippen molar-refractivity contribution < 1.29 is 14.4 Å². The van der Waals surface area contributed by atoms with Gasteiger partial charge < -0.3 is 10.6 Å². The second-order valence-corrected chi connectivity index (χ2v) is 6.11. The highest BCUT2D eigenvalue weighted by Crippen LogP contribution is 2.15. The van der Waals surface area contributed by atoms with Crippen molar-refractivity contribution in [3.63, 3.8) is 0 Å². The Balaban J connectivity index is 1.84. The lowest BCUT2D eigenvalue weighted by Crippen LogP contribution is -2.43. The minimum absolute atomic E-state index is 0.290. The van der Waals surface area contributed by atoms with Gasteiger partial charge >= 0.3 is 6.03 Å². The van der Waals surface area contributed by atoms with Crippen LogP contribution in [0.5, 0.6) is 0 Å². The third-order valence-electron chi connectivity index (χ3n) is 3.45. The Hall–Kier alpha value is -2.51. The summed E-state index contributed by atoms with van der Waals surface area (Å²) < 4.78 is 0. The van der Waals surface area contributed by atoms with E-state index in [1.807, 2.05) is 19.9 Å². The molecule has 1 aromatic rings. The summed E-state index contributed by atoms with van der Waals surface area (Å²) in [5.74, 6) is -0.148. The minimum Gasteiger partial charge on any atom is -0.354 e. The maximum atomic E-state index is 12.0. The van der Waals surface area contributed by atoms with E-state index in [2.05, 4.69) is 20.6 Å². The van der Waals surface area contributed by atoms with E-state index in [1.165, 1.54) is 0 Å². The molecule has 124 valence electrons. The smallest absolute Gasteiger partial charge is 0.325 e. The van der Waals surface area contributed by atoms with E-state index in [0.29, 0.717) is 18.8 Å². The summed E-state index contributed by atoms with van der Waals surface area (Å²) in [6.45, 7) is 7.02. The maximum Gasteiger partial charge on any atom is 0.325 e. The van der Waals surface area contributed by atoms with Gasteiger partial charge in [0.15, 0.2) is 0 Å². The van der Waals surface area contributed by atoms with Crippen molar-refractivity contribution in [2.24, 2.45) is 0 Å². The molecule has 0 aromatic carbocycles. The molecule has 0 radical (unpaired) electrons. The van der Waals surface area contributed by atoms with Crippen LogP contribution in [0.2, 0.25) is 0 Å². The molecule has 0 unspecified atom stereocenters. The number of imide groups is 1. The summed E-state index contributed by atoms with van der Waals surface area (Å²) in [6, 6.07) is 1.33. The lowest BCUT2D eigenvalue weighted by molar-refractivity contribution is -0.134. The van der Waals surface area contributed by atoms with Crippen LogP contribution >= 0.6 is 0 Å². The molecule has 0 saturated carbocycles. The van der Waals surface area contributed by atoms with Crippen molar-refractivity contribution in [1.82, 2.24) is 25.5 Å². The molecular formula is C15H21N5O3. The molecule has 0 atom stereocenters. The number of urea groups is 1. The number of carbonyl (C=O) groups excluding carboxylic acids is 3. The van der Waals surface area contributed by atoms with Crippen LogP contribution in [-0.4, -0.2) is 51.3 Å². The number of nitrogens with one attached hydrogen (secondary N) is 2. The lowest BCUT2D eigenvalue weighted by atomic mass is 10.1. The molecule has 1 aromatic heterocycles. The van der Waals surface area contributed by atoms with Crippen LogP contribution in [0.4, 0.5) is 4.79 Å². The number of nitrogens with zero attached hydrogens (tertiary/aromatic N) is 3. The molecule has 2 heterocycles. The van der Waals surface area contributed by atoms with E-state index >= 15 is 0 Å². The highest BCUT2D eigenvalue weighted by molar-refractivity contribution is 6.08. The molecule has 0 spiro atoms. The molecule has 0 aliphatic carbocycles. The highest BCUT2D eigenvalue weighted by atomic mass is 16.2. The monoisotopic (exact) mass is 319 g/mol. The summed E-state index contributed by atoms with van der Waals surface area (Å²) in [6.07, 6.45) is 0.486. The third-order valence-corrected chi connectivity index (χ3v) is 3.45. The fourth-order valence-corrected chi connectivity index (χ4v) is 2.39. The van der Waals surface area contributed by atoms with Gasteiger partial charge in [-0.05, 0) is 33.8 Å². The zero-order valence-corrected chi connectivity index (χ0v) is 13.8. The summed E-state index contributed by atoms with van der Waals surface area (Å²) in [5.41, 5.74) is 0.783. The molecule has 8 nitrogen and oxygen atoms in total. The Morgan fingerprint density at radius 3 is 2.39 bits per heavy atom. The molecule has 4 amide bonds. The predicted octanol–water partition coefficient (Wildman–Crippen LogP) is 0.0825. The van der Waals surface area contributed by atoms with Crippen molar-refractivity contribution in [3.05, 3.63) is 23.3 Å². The number of hydrogen-bond acceptors (Lipinski definition) is 5. The normalized spacial score (nSPS) is 16.4. The minimum atomic E-state index is -0.968. The van der Waals surface area contributed by atoms with Crippen molar-refractivity contribution >= 4 is 17.8 Å². The number of aryl methyl sites for hydroxylation is 2. The quantitative estimate of drug-likeness (QED) is 0.748. The molecule has 1 saturated heterocycles. The molecule has 2 rings (SSSR count). The summed E-state index contributed by atoms with van der Waals surface area (Å²) >= 11 is 0. The average Bonchev–Trinajstić information content (AvgIpc) is 2.60. The van der Waals surface area contributed by atoms with Gasteiger partial charge in [0.25, 0.3) is 5.91 Å². The van der Waals surface area contributed by atoms with Gasteiger partial charge in [-0.25, -0.2) is 14.8 Å². The van der Waals surface area contributed by atoms with Crippen LogP contribution in [0.3, 0.4) is 0 Å². The summed E-state index contributed by atoms with van der Waals surface area (Å²) in [5, 5.41) is 5.20. The van der Waals surface area contributed by atoms with Crippen molar-refractivity contribution in [2.75, 3.05) is 13.1 Å². The van der Waals surface area contributed by atoms with Gasteiger partial charge in [0.05, 0.1) is 0 Å². The van der Waals surface area contributed by atoms with Gasteiger partial charge in [-0.2, -0.15) is 0 Å². The second kappa shape index (κ2) is 6.31. The zero-order chi connectivity index (χ0) is 17.2. The molecule has 8 heteroatoms. The van der Waals surface area contributed by atoms with Gasteiger partial charge in [-0.1, -0.05) is 0 Å². The van der Waals surface area contributed by atoms with Gasteiger partial charge in [0, 0.05) is 24.4 Å². The number of rotatable bonds is 5. The van der Waals surface area contributed by atoms with Crippen LogP contribution in [0.1, 0.15) is 31.1 Å². The van der Waals surface area contributed by atoms with E-state index in [9.17, 15) is 14.4 Å².